The summed E-state index contributed by atoms with van der Waals surface area (Å²) in [5.74, 6) is 0.764. The van der Waals surface area contributed by atoms with Gasteiger partial charge in [-0.05, 0) is 51.4 Å². The van der Waals surface area contributed by atoms with E-state index in [0.717, 1.165) is 25.2 Å². The number of aryl methyl sites for hydroxylation is 1. The molecule has 0 unspecified atom stereocenters. The zero-order valence-corrected chi connectivity index (χ0v) is 14.5. The van der Waals surface area contributed by atoms with Crippen molar-refractivity contribution in [2.45, 2.75) is 52.8 Å². The molecule has 0 aromatic heterocycles. The fourth-order valence-corrected chi connectivity index (χ4v) is 2.54. The molecule has 0 fully saturated rings. The van der Waals surface area contributed by atoms with Crippen LogP contribution in [-0.2, 0) is 15.6 Å². The maximum Gasteiger partial charge on any atom is 0.264 e. The van der Waals surface area contributed by atoms with Crippen molar-refractivity contribution in [3.63, 3.8) is 0 Å². The molecule has 112 valence electrons. The van der Waals surface area contributed by atoms with E-state index in [-0.39, 0.29) is 0 Å². The van der Waals surface area contributed by atoms with Gasteiger partial charge >= 0.3 is 0 Å². The van der Waals surface area contributed by atoms with E-state index in [1.54, 1.807) is 0 Å². The van der Waals surface area contributed by atoms with Gasteiger partial charge in [-0.25, -0.2) is 0 Å². The highest BCUT2D eigenvalue weighted by Gasteiger charge is 2.19. The van der Waals surface area contributed by atoms with Gasteiger partial charge in [0.2, 0.25) is 8.32 Å². The molecule has 0 N–H and O–H groups in total. The third-order valence-electron chi connectivity index (χ3n) is 2.96. The Balaban J connectivity index is 2.44. The molecule has 1 rings (SSSR count). The molecular weight excluding hydrogens is 264 g/mol. The van der Waals surface area contributed by atoms with Crippen LogP contribution in [0.1, 0.15) is 32.3 Å². The van der Waals surface area contributed by atoms with E-state index in [0.29, 0.717) is 6.61 Å². The average Bonchev–Trinajstić information content (AvgIpc) is 2.41. The van der Waals surface area contributed by atoms with Gasteiger partial charge in [-0.2, -0.15) is 0 Å². The van der Waals surface area contributed by atoms with Crippen LogP contribution in [0.25, 0.3) is 0 Å². The van der Waals surface area contributed by atoms with Crippen LogP contribution in [0.15, 0.2) is 41.9 Å². The van der Waals surface area contributed by atoms with Gasteiger partial charge in [0, 0.05) is 5.57 Å². The lowest BCUT2D eigenvalue weighted by Crippen LogP contribution is -2.26. The van der Waals surface area contributed by atoms with E-state index >= 15 is 0 Å². The van der Waals surface area contributed by atoms with E-state index < -0.39 is 8.32 Å². The van der Waals surface area contributed by atoms with Crippen molar-refractivity contribution in [2.75, 3.05) is 6.61 Å². The molecule has 1 aromatic carbocycles. The minimum Gasteiger partial charge on any atom is -0.520 e. The second-order valence-electron chi connectivity index (χ2n) is 6.07. The molecular formula is C17H28O2Si. The average molecular weight is 292 g/mol. The third-order valence-corrected chi connectivity index (χ3v) is 3.76. The summed E-state index contributed by atoms with van der Waals surface area (Å²) in [6.45, 7) is 11.5. The second kappa shape index (κ2) is 8.15. The van der Waals surface area contributed by atoms with Gasteiger partial charge in [-0.3, -0.25) is 0 Å². The third kappa shape index (κ3) is 6.80. The summed E-state index contributed by atoms with van der Waals surface area (Å²) in [5.41, 5.74) is 2.56. The SMILES string of the molecule is CC/C(C)=C(\OCCCc1ccccc1)O[Si](C)(C)C. The number of allylic oxidation sites excluding steroid dienone is 1. The van der Waals surface area contributed by atoms with Crippen molar-refractivity contribution in [1.29, 1.82) is 0 Å². The predicted molar refractivity (Wildman–Crippen MR) is 88.1 cm³/mol. The van der Waals surface area contributed by atoms with Crippen LogP contribution in [-0.4, -0.2) is 14.9 Å². The maximum absolute atomic E-state index is 6.04. The highest BCUT2D eigenvalue weighted by Crippen LogP contribution is 2.18. The number of benzene rings is 1. The maximum atomic E-state index is 6.04. The Labute approximate surface area is 124 Å². The van der Waals surface area contributed by atoms with Gasteiger partial charge < -0.3 is 9.16 Å². The van der Waals surface area contributed by atoms with Gasteiger partial charge in [-0.1, -0.05) is 37.3 Å². The minimum atomic E-state index is -1.61. The summed E-state index contributed by atoms with van der Waals surface area (Å²) >= 11 is 0. The number of ether oxygens (including phenoxy) is 1. The molecule has 20 heavy (non-hydrogen) atoms. The van der Waals surface area contributed by atoms with Crippen LogP contribution in [0, 0.1) is 0 Å². The molecule has 1 aromatic rings. The first-order chi connectivity index (χ1) is 9.42. The van der Waals surface area contributed by atoms with Gasteiger partial charge in [0.05, 0.1) is 6.61 Å². The first-order valence-corrected chi connectivity index (χ1v) is 10.9. The van der Waals surface area contributed by atoms with E-state index in [1.165, 1.54) is 11.1 Å². The van der Waals surface area contributed by atoms with Crippen LogP contribution >= 0.6 is 0 Å². The zero-order valence-electron chi connectivity index (χ0n) is 13.5. The Morgan fingerprint density at radius 3 is 2.30 bits per heavy atom. The quantitative estimate of drug-likeness (QED) is 0.376. The number of hydrogen-bond donors (Lipinski definition) is 0. The normalized spacial score (nSPS) is 12.8. The van der Waals surface area contributed by atoms with Crippen molar-refractivity contribution >= 4 is 8.32 Å². The zero-order chi connectivity index (χ0) is 15.0. The summed E-state index contributed by atoms with van der Waals surface area (Å²) in [7, 11) is -1.61. The molecule has 0 saturated carbocycles. The number of rotatable bonds is 8. The lowest BCUT2D eigenvalue weighted by atomic mass is 10.1. The Morgan fingerprint density at radius 2 is 1.75 bits per heavy atom. The fraction of sp³-hybridized carbons (Fsp3) is 0.529. The highest BCUT2D eigenvalue weighted by molar-refractivity contribution is 6.70. The predicted octanol–water partition coefficient (Wildman–Crippen LogP) is 5.13. The van der Waals surface area contributed by atoms with Crippen molar-refractivity contribution in [2.24, 2.45) is 0 Å². The van der Waals surface area contributed by atoms with Crippen molar-refractivity contribution in [3.8, 4) is 0 Å². The molecule has 0 aliphatic carbocycles. The van der Waals surface area contributed by atoms with Crippen LogP contribution in [0.5, 0.6) is 0 Å². The van der Waals surface area contributed by atoms with Gasteiger partial charge in [0.1, 0.15) is 0 Å². The molecule has 3 heteroatoms. The molecule has 0 heterocycles. The van der Waals surface area contributed by atoms with Crippen LogP contribution in [0.2, 0.25) is 19.6 Å². The molecule has 0 spiro atoms. The first-order valence-electron chi connectivity index (χ1n) is 7.48. The Kier molecular flexibility index (Phi) is 6.86. The lowest BCUT2D eigenvalue weighted by Gasteiger charge is -2.23. The number of hydrogen-bond acceptors (Lipinski definition) is 2. The molecule has 0 radical (unpaired) electrons. The van der Waals surface area contributed by atoms with Crippen LogP contribution in [0.4, 0.5) is 0 Å². The molecule has 0 bridgehead atoms. The molecule has 0 saturated heterocycles. The fourth-order valence-electron chi connectivity index (χ4n) is 1.75. The van der Waals surface area contributed by atoms with Crippen LogP contribution in [0.3, 0.4) is 0 Å². The summed E-state index contributed by atoms with van der Waals surface area (Å²) in [6.07, 6.45) is 3.03. The first kappa shape index (κ1) is 16.8. The van der Waals surface area contributed by atoms with Crippen molar-refractivity contribution in [1.82, 2.24) is 0 Å². The molecule has 0 aliphatic heterocycles. The Bertz CT molecular complexity index is 418. The van der Waals surface area contributed by atoms with Gasteiger partial charge in [-0.15, -0.1) is 0 Å². The van der Waals surface area contributed by atoms with E-state index in [4.69, 9.17) is 9.16 Å². The van der Waals surface area contributed by atoms with E-state index in [2.05, 4.69) is 57.8 Å². The molecule has 0 atom stereocenters. The van der Waals surface area contributed by atoms with E-state index in [1.807, 2.05) is 6.07 Å². The summed E-state index contributed by atoms with van der Waals surface area (Å²) in [5, 5.41) is 0. The van der Waals surface area contributed by atoms with Crippen LogP contribution < -0.4 is 0 Å². The summed E-state index contributed by atoms with van der Waals surface area (Å²) in [4.78, 5) is 0. The van der Waals surface area contributed by atoms with Crippen molar-refractivity contribution < 1.29 is 9.16 Å². The van der Waals surface area contributed by atoms with Crippen molar-refractivity contribution in [3.05, 3.63) is 47.4 Å². The molecule has 0 aliphatic rings. The lowest BCUT2D eigenvalue weighted by molar-refractivity contribution is 0.0962. The summed E-state index contributed by atoms with van der Waals surface area (Å²) in [6, 6.07) is 10.5. The minimum absolute atomic E-state index is 0.714. The Hall–Kier alpha value is -1.22. The smallest absolute Gasteiger partial charge is 0.264 e. The monoisotopic (exact) mass is 292 g/mol. The standard InChI is InChI=1S/C17H28O2Si/c1-6-15(2)17(19-20(3,4)5)18-14-10-13-16-11-8-7-9-12-16/h7-9,11-12H,6,10,13-14H2,1-5H3/b17-15+. The highest BCUT2D eigenvalue weighted by atomic mass is 28.4. The second-order valence-corrected chi connectivity index (χ2v) is 10.5. The molecule has 2 nitrogen and oxygen atoms in total. The van der Waals surface area contributed by atoms with Gasteiger partial charge in [0.25, 0.3) is 5.95 Å². The van der Waals surface area contributed by atoms with Gasteiger partial charge in [0.15, 0.2) is 0 Å². The Morgan fingerprint density at radius 1 is 1.10 bits per heavy atom. The molecule has 0 amide bonds. The van der Waals surface area contributed by atoms with E-state index in [9.17, 15) is 0 Å². The topological polar surface area (TPSA) is 18.5 Å². The summed E-state index contributed by atoms with van der Waals surface area (Å²) < 4.78 is 11.9. The largest absolute Gasteiger partial charge is 0.520 e.